The topological polar surface area (TPSA) is 123 Å². The number of primary amides is 1. The molecule has 1 heterocycles. The van der Waals surface area contributed by atoms with Crippen LogP contribution in [0.5, 0.6) is 0 Å². The predicted molar refractivity (Wildman–Crippen MR) is 78.4 cm³/mol. The second-order valence-corrected chi connectivity index (χ2v) is 5.51. The van der Waals surface area contributed by atoms with Gasteiger partial charge in [0.15, 0.2) is 0 Å². The zero-order valence-corrected chi connectivity index (χ0v) is 12.6. The van der Waals surface area contributed by atoms with Crippen LogP contribution in [0.25, 0.3) is 0 Å². The number of aliphatic hydroxyl groups excluding tert-OH is 1. The molecule has 0 saturated carbocycles. The summed E-state index contributed by atoms with van der Waals surface area (Å²) in [5, 5.41) is 19.4. The number of aliphatic hydroxyl groups is 1. The summed E-state index contributed by atoms with van der Waals surface area (Å²) in [6.45, 7) is 2.90. The SMILES string of the molecule is CC1(C)OC(=O)C([C@@H](c2ccccc2)[C@H](C#N)C(N)=O)=C(O)O1. The Labute approximate surface area is 132 Å². The highest BCUT2D eigenvalue weighted by molar-refractivity contribution is 5.93. The Morgan fingerprint density at radius 2 is 1.91 bits per heavy atom. The molecule has 0 spiro atoms. The number of cyclic esters (lactones) is 1. The van der Waals surface area contributed by atoms with E-state index in [1.807, 2.05) is 0 Å². The Morgan fingerprint density at radius 1 is 1.30 bits per heavy atom. The molecule has 0 radical (unpaired) electrons. The van der Waals surface area contributed by atoms with Gasteiger partial charge in [0.2, 0.25) is 5.91 Å². The van der Waals surface area contributed by atoms with Gasteiger partial charge >= 0.3 is 5.97 Å². The van der Waals surface area contributed by atoms with Crippen molar-refractivity contribution in [3.63, 3.8) is 0 Å². The fourth-order valence-electron chi connectivity index (χ4n) is 2.42. The molecule has 1 amide bonds. The summed E-state index contributed by atoms with van der Waals surface area (Å²) in [6, 6.07) is 10.1. The molecule has 7 heteroatoms. The van der Waals surface area contributed by atoms with Gasteiger partial charge in [-0.1, -0.05) is 30.3 Å². The van der Waals surface area contributed by atoms with Crippen molar-refractivity contribution in [3.05, 3.63) is 47.4 Å². The zero-order valence-electron chi connectivity index (χ0n) is 12.6. The third kappa shape index (κ3) is 3.26. The number of rotatable bonds is 4. The lowest BCUT2D eigenvalue weighted by molar-refractivity contribution is -0.222. The normalized spacial score (nSPS) is 19.1. The zero-order chi connectivity index (χ0) is 17.2. The van der Waals surface area contributed by atoms with Gasteiger partial charge in [0, 0.05) is 19.8 Å². The van der Waals surface area contributed by atoms with Gasteiger partial charge in [0.1, 0.15) is 11.5 Å². The molecule has 0 fully saturated rings. The first-order valence-corrected chi connectivity index (χ1v) is 6.86. The lowest BCUT2D eigenvalue weighted by Gasteiger charge is -2.33. The largest absolute Gasteiger partial charge is 0.480 e. The molecule has 0 unspecified atom stereocenters. The fraction of sp³-hybridized carbons (Fsp3) is 0.312. The van der Waals surface area contributed by atoms with Crippen molar-refractivity contribution in [1.82, 2.24) is 0 Å². The molecule has 1 aliphatic rings. The van der Waals surface area contributed by atoms with Crippen LogP contribution < -0.4 is 5.73 Å². The first kappa shape index (κ1) is 16.4. The number of esters is 1. The van der Waals surface area contributed by atoms with Gasteiger partial charge in [-0.25, -0.2) is 4.79 Å². The van der Waals surface area contributed by atoms with Gasteiger partial charge in [-0.05, 0) is 5.56 Å². The maximum absolute atomic E-state index is 12.3. The molecule has 0 aromatic heterocycles. The molecule has 0 aliphatic carbocycles. The molecule has 1 aromatic carbocycles. The number of amides is 1. The quantitative estimate of drug-likeness (QED) is 0.811. The van der Waals surface area contributed by atoms with E-state index in [1.165, 1.54) is 13.8 Å². The Morgan fingerprint density at radius 3 is 2.39 bits per heavy atom. The number of nitriles is 1. The van der Waals surface area contributed by atoms with E-state index in [4.69, 9.17) is 15.2 Å². The van der Waals surface area contributed by atoms with Crippen molar-refractivity contribution in [2.45, 2.75) is 25.6 Å². The van der Waals surface area contributed by atoms with Crippen molar-refractivity contribution in [1.29, 1.82) is 5.26 Å². The molecule has 1 aliphatic heterocycles. The van der Waals surface area contributed by atoms with Crippen molar-refractivity contribution in [3.8, 4) is 6.07 Å². The van der Waals surface area contributed by atoms with Gasteiger partial charge in [-0.2, -0.15) is 5.26 Å². The van der Waals surface area contributed by atoms with Gasteiger partial charge in [-0.3, -0.25) is 4.79 Å². The molecule has 2 atom stereocenters. The average molecular weight is 316 g/mol. The van der Waals surface area contributed by atoms with Crippen LogP contribution in [0.4, 0.5) is 0 Å². The Hall–Kier alpha value is -3.01. The minimum absolute atomic E-state index is 0.305. The van der Waals surface area contributed by atoms with Crippen LogP contribution in [0.15, 0.2) is 41.9 Å². The number of ether oxygens (including phenoxy) is 2. The summed E-state index contributed by atoms with van der Waals surface area (Å²) >= 11 is 0. The van der Waals surface area contributed by atoms with Crippen molar-refractivity contribution < 1.29 is 24.2 Å². The van der Waals surface area contributed by atoms with Crippen LogP contribution in [-0.2, 0) is 19.1 Å². The molecule has 2 rings (SSSR count). The summed E-state index contributed by atoms with van der Waals surface area (Å²) < 4.78 is 10.3. The van der Waals surface area contributed by atoms with E-state index < -0.39 is 35.4 Å². The number of carbonyl (C=O) groups excluding carboxylic acids is 2. The van der Waals surface area contributed by atoms with Gasteiger partial charge < -0.3 is 20.3 Å². The van der Waals surface area contributed by atoms with Crippen LogP contribution in [0.2, 0.25) is 0 Å². The van der Waals surface area contributed by atoms with Gasteiger partial charge in [0.25, 0.3) is 11.7 Å². The summed E-state index contributed by atoms with van der Waals surface area (Å²) in [5.74, 6) is -6.27. The summed E-state index contributed by atoms with van der Waals surface area (Å²) in [7, 11) is 0. The van der Waals surface area contributed by atoms with E-state index in [1.54, 1.807) is 36.4 Å². The second kappa shape index (κ2) is 6.01. The van der Waals surface area contributed by atoms with E-state index in [2.05, 4.69) is 0 Å². The summed E-state index contributed by atoms with van der Waals surface area (Å²) in [4.78, 5) is 23.9. The third-order valence-electron chi connectivity index (χ3n) is 3.38. The predicted octanol–water partition coefficient (Wildman–Crippen LogP) is 1.47. The monoisotopic (exact) mass is 316 g/mol. The molecular formula is C16H16N2O5. The van der Waals surface area contributed by atoms with Crippen molar-refractivity contribution in [2.24, 2.45) is 11.7 Å². The molecule has 1 aromatic rings. The fourth-order valence-corrected chi connectivity index (χ4v) is 2.42. The number of carbonyl (C=O) groups is 2. The van der Waals surface area contributed by atoms with Crippen LogP contribution in [0.3, 0.4) is 0 Å². The highest BCUT2D eigenvalue weighted by Gasteiger charge is 2.44. The Kier molecular flexibility index (Phi) is 4.27. The minimum Gasteiger partial charge on any atom is -0.480 e. The molecule has 3 N–H and O–H groups in total. The number of hydrogen-bond donors (Lipinski definition) is 2. The second-order valence-electron chi connectivity index (χ2n) is 5.51. The molecule has 0 bridgehead atoms. The lowest BCUT2D eigenvalue weighted by Crippen LogP contribution is -2.40. The van der Waals surface area contributed by atoms with E-state index in [-0.39, 0.29) is 5.57 Å². The van der Waals surface area contributed by atoms with Crippen LogP contribution >= 0.6 is 0 Å². The van der Waals surface area contributed by atoms with Crippen LogP contribution in [0, 0.1) is 17.2 Å². The minimum atomic E-state index is -1.37. The van der Waals surface area contributed by atoms with E-state index in [9.17, 15) is 20.0 Å². The van der Waals surface area contributed by atoms with Gasteiger partial charge in [-0.15, -0.1) is 0 Å². The standard InChI is InChI=1S/C16H16N2O5/c1-16(2)22-14(20)12(15(21)23-16)11(10(8-17)13(18)19)9-6-4-3-5-7-9/h3-7,10-11,20H,1-2H3,(H2,18,19)/t10-,11-/m0/s1. The van der Waals surface area contributed by atoms with E-state index in [0.29, 0.717) is 5.56 Å². The van der Waals surface area contributed by atoms with E-state index >= 15 is 0 Å². The van der Waals surface area contributed by atoms with Crippen molar-refractivity contribution >= 4 is 11.9 Å². The summed E-state index contributed by atoms with van der Waals surface area (Å²) in [6.07, 6.45) is 0. The highest BCUT2D eigenvalue weighted by Crippen LogP contribution is 2.38. The maximum Gasteiger partial charge on any atom is 0.345 e. The molecule has 120 valence electrons. The first-order valence-electron chi connectivity index (χ1n) is 6.86. The Bertz CT molecular complexity index is 703. The number of benzene rings is 1. The van der Waals surface area contributed by atoms with Crippen LogP contribution in [0.1, 0.15) is 25.3 Å². The first-order chi connectivity index (χ1) is 10.8. The molecule has 23 heavy (non-hydrogen) atoms. The summed E-state index contributed by atoms with van der Waals surface area (Å²) in [5.41, 5.74) is 5.43. The van der Waals surface area contributed by atoms with Gasteiger partial charge in [0.05, 0.1) is 6.07 Å². The highest BCUT2D eigenvalue weighted by atomic mass is 16.8. The average Bonchev–Trinajstić information content (AvgIpc) is 2.45. The molecule has 7 nitrogen and oxygen atoms in total. The molecular weight excluding hydrogens is 300 g/mol. The number of hydrogen-bond acceptors (Lipinski definition) is 6. The van der Waals surface area contributed by atoms with E-state index in [0.717, 1.165) is 0 Å². The molecule has 0 saturated heterocycles. The lowest BCUT2D eigenvalue weighted by atomic mass is 9.80. The van der Waals surface area contributed by atoms with Crippen molar-refractivity contribution in [2.75, 3.05) is 0 Å². The van der Waals surface area contributed by atoms with Crippen LogP contribution in [-0.4, -0.2) is 22.8 Å². The third-order valence-corrected chi connectivity index (χ3v) is 3.38. The number of nitrogens with two attached hydrogens (primary N) is 1. The Balaban J connectivity index is 2.61. The maximum atomic E-state index is 12.3. The smallest absolute Gasteiger partial charge is 0.345 e. The number of nitrogens with zero attached hydrogens (tertiary/aromatic N) is 1.